The van der Waals surface area contributed by atoms with E-state index in [0.717, 1.165) is 28.9 Å². The Morgan fingerprint density at radius 2 is 0.889 bits per heavy atom. The molecule has 0 saturated carbocycles. The van der Waals surface area contributed by atoms with Gasteiger partial charge in [-0.3, -0.25) is 4.18 Å². The van der Waals surface area contributed by atoms with Gasteiger partial charge in [-0.2, -0.15) is 8.42 Å². The number of aliphatic imine (C=N–C) groups is 4. The maximum atomic E-state index is 11.4. The summed E-state index contributed by atoms with van der Waals surface area (Å²) in [5.74, 6) is 3.88. The molecule has 2 aliphatic heterocycles. The van der Waals surface area contributed by atoms with Gasteiger partial charge in [0.2, 0.25) is 23.6 Å². The van der Waals surface area contributed by atoms with E-state index in [-0.39, 0.29) is 55.0 Å². The van der Waals surface area contributed by atoms with Gasteiger partial charge in [0, 0.05) is 18.4 Å². The lowest BCUT2D eigenvalue weighted by molar-refractivity contribution is 0.264. The fourth-order valence-electron chi connectivity index (χ4n) is 6.34. The van der Waals surface area contributed by atoms with Crippen LogP contribution in [0.15, 0.2) is 68.5 Å². The van der Waals surface area contributed by atoms with E-state index in [1.807, 2.05) is 62.4 Å². The predicted octanol–water partition coefficient (Wildman–Crippen LogP) is 5.30. The number of aliphatic hydroxyl groups is 1. The van der Waals surface area contributed by atoms with Gasteiger partial charge in [0.25, 0.3) is 10.1 Å². The van der Waals surface area contributed by atoms with Crippen molar-refractivity contribution >= 4 is 33.7 Å². The molecule has 2 aromatic carbocycles. The van der Waals surface area contributed by atoms with E-state index in [9.17, 15) is 13.5 Å². The van der Waals surface area contributed by atoms with Gasteiger partial charge in [0.1, 0.15) is 35.7 Å². The average Bonchev–Trinajstić information content (AvgIpc) is 3.17. The highest BCUT2D eigenvalue weighted by Gasteiger charge is 2.37. The highest BCUT2D eigenvalue weighted by molar-refractivity contribution is 7.85. The summed E-state index contributed by atoms with van der Waals surface area (Å²) in [5, 5.41) is 9.57. The van der Waals surface area contributed by atoms with E-state index in [2.05, 4.69) is 13.8 Å². The number of hydrogen-bond donors (Lipinski definition) is 1. The molecule has 0 saturated heterocycles. The van der Waals surface area contributed by atoms with Crippen molar-refractivity contribution in [1.82, 2.24) is 0 Å². The Balaban J connectivity index is 0.000000294. The van der Waals surface area contributed by atoms with Gasteiger partial charge in [-0.15, -0.1) is 0 Å². The Morgan fingerprint density at radius 1 is 0.556 bits per heavy atom. The minimum absolute atomic E-state index is 0.0223. The van der Waals surface area contributed by atoms with Gasteiger partial charge in [-0.25, -0.2) is 20.0 Å². The van der Waals surface area contributed by atoms with E-state index in [0.29, 0.717) is 36.4 Å². The van der Waals surface area contributed by atoms with Crippen molar-refractivity contribution in [3.05, 3.63) is 59.7 Å². The molecule has 1 N–H and O–H groups in total. The van der Waals surface area contributed by atoms with E-state index < -0.39 is 16.2 Å². The first-order chi connectivity index (χ1) is 25.7. The van der Waals surface area contributed by atoms with E-state index in [4.69, 9.17) is 52.6 Å². The molecule has 0 aliphatic carbocycles. The topological polar surface area (TPSA) is 168 Å². The predicted molar refractivity (Wildman–Crippen MR) is 211 cm³/mol. The lowest BCUT2D eigenvalue weighted by atomic mass is 9.87. The number of methoxy groups -OCH3 is 6. The molecule has 14 nitrogen and oxygen atoms in total. The second-order valence-electron chi connectivity index (χ2n) is 13.5. The minimum Gasteiger partial charge on any atom is -0.497 e. The number of ether oxygens (including phenoxy) is 6. The highest BCUT2D eigenvalue weighted by atomic mass is 32.2. The Kier molecular flexibility index (Phi) is 17.2. The molecule has 4 rings (SSSR count). The molecular formula is C39H58N4O10S. The molecule has 6 unspecified atom stereocenters. The summed E-state index contributed by atoms with van der Waals surface area (Å²) in [4.78, 5) is 19.0. The van der Waals surface area contributed by atoms with Crippen molar-refractivity contribution in [2.45, 2.75) is 76.5 Å². The van der Waals surface area contributed by atoms with E-state index >= 15 is 0 Å². The molecule has 15 heteroatoms. The van der Waals surface area contributed by atoms with Crippen molar-refractivity contribution in [3.8, 4) is 11.5 Å². The first-order valence-electron chi connectivity index (χ1n) is 17.9. The largest absolute Gasteiger partial charge is 0.497 e. The number of benzene rings is 2. The van der Waals surface area contributed by atoms with Crippen LogP contribution >= 0.6 is 0 Å². The highest BCUT2D eigenvalue weighted by Crippen LogP contribution is 2.33. The van der Waals surface area contributed by atoms with Gasteiger partial charge in [0.05, 0.1) is 55.5 Å². The van der Waals surface area contributed by atoms with Gasteiger partial charge in [-0.1, -0.05) is 52.0 Å². The van der Waals surface area contributed by atoms with Crippen molar-refractivity contribution in [1.29, 1.82) is 0 Å². The molecule has 2 heterocycles. The van der Waals surface area contributed by atoms with Crippen LogP contribution in [0.2, 0.25) is 0 Å². The van der Waals surface area contributed by atoms with Crippen LogP contribution in [-0.4, -0.2) is 123 Å². The maximum Gasteiger partial charge on any atom is 0.264 e. The molecule has 0 aromatic heterocycles. The van der Waals surface area contributed by atoms with Crippen molar-refractivity contribution in [2.75, 3.05) is 62.1 Å². The van der Waals surface area contributed by atoms with Crippen molar-refractivity contribution in [3.63, 3.8) is 0 Å². The van der Waals surface area contributed by atoms with Crippen LogP contribution in [0.4, 0.5) is 0 Å². The summed E-state index contributed by atoms with van der Waals surface area (Å²) in [7, 11) is 6.07. The zero-order valence-electron chi connectivity index (χ0n) is 33.4. The Morgan fingerprint density at radius 3 is 1.19 bits per heavy atom. The zero-order chi connectivity index (χ0) is 40.0. The number of nitrogens with zero attached hydrogens (tertiary/aromatic N) is 4. The molecule has 0 amide bonds. The summed E-state index contributed by atoms with van der Waals surface area (Å²) in [6, 6.07) is 14.2. The van der Waals surface area contributed by atoms with E-state index in [1.54, 1.807) is 42.7 Å². The summed E-state index contributed by atoms with van der Waals surface area (Å²) in [6.07, 6.45) is 1.98. The third kappa shape index (κ3) is 11.9. The van der Waals surface area contributed by atoms with Gasteiger partial charge >= 0.3 is 0 Å². The van der Waals surface area contributed by atoms with Crippen LogP contribution in [0.25, 0.3) is 0 Å². The molecule has 0 spiro atoms. The number of aliphatic hydroxyl groups excluding tert-OH is 1. The summed E-state index contributed by atoms with van der Waals surface area (Å²) in [5.41, 5.74) is 1.99. The lowest BCUT2D eigenvalue weighted by Gasteiger charge is -2.31. The molecule has 2 aliphatic rings. The third-order valence-electron chi connectivity index (χ3n) is 9.19. The molecule has 0 bridgehead atoms. The van der Waals surface area contributed by atoms with E-state index in [1.165, 1.54) is 0 Å². The quantitative estimate of drug-likeness (QED) is 0.249. The molecule has 54 heavy (non-hydrogen) atoms. The van der Waals surface area contributed by atoms with Gasteiger partial charge < -0.3 is 33.5 Å². The van der Waals surface area contributed by atoms with Crippen LogP contribution < -0.4 is 9.47 Å². The van der Waals surface area contributed by atoms with Gasteiger partial charge in [-0.05, 0) is 60.1 Å². The van der Waals surface area contributed by atoms with Crippen LogP contribution in [-0.2, 0) is 33.2 Å². The molecule has 300 valence electrons. The Bertz CT molecular complexity index is 1690. The maximum absolute atomic E-state index is 11.4. The summed E-state index contributed by atoms with van der Waals surface area (Å²) < 4.78 is 60.4. The first-order valence-corrected chi connectivity index (χ1v) is 19.8. The molecule has 0 radical (unpaired) electrons. The molecular weight excluding hydrogens is 717 g/mol. The number of hydrogen-bond acceptors (Lipinski definition) is 14. The SMILES string of the molecule is COC1=NC(C(CCO)c2ccc(OC)cc2)C(OC)=NC1C(C)C.COC1=NC(C(CCOS(C)(=O)=O)c2ccc(OC)cc2)C(OC)=NC1C(C)C. The van der Waals surface area contributed by atoms with Gasteiger partial charge in [0.15, 0.2) is 0 Å². The van der Waals surface area contributed by atoms with Crippen molar-refractivity contribution in [2.24, 2.45) is 31.8 Å². The number of rotatable bonds is 14. The summed E-state index contributed by atoms with van der Waals surface area (Å²) in [6.45, 7) is 8.30. The monoisotopic (exact) mass is 774 g/mol. The Labute approximate surface area is 320 Å². The molecule has 2 aromatic rings. The molecule has 6 atom stereocenters. The van der Waals surface area contributed by atoms with Crippen LogP contribution in [0, 0.1) is 11.8 Å². The smallest absolute Gasteiger partial charge is 0.264 e. The third-order valence-corrected chi connectivity index (χ3v) is 9.79. The fourth-order valence-corrected chi connectivity index (χ4v) is 6.74. The zero-order valence-corrected chi connectivity index (χ0v) is 34.2. The molecule has 0 fully saturated rings. The second kappa shape index (κ2) is 21.0. The van der Waals surface area contributed by atoms with Crippen molar-refractivity contribution < 1.29 is 46.1 Å². The van der Waals surface area contributed by atoms with Crippen LogP contribution in [0.5, 0.6) is 11.5 Å². The minimum atomic E-state index is -3.54. The summed E-state index contributed by atoms with van der Waals surface area (Å²) >= 11 is 0. The average molecular weight is 775 g/mol. The normalized spacial score (nSPS) is 21.0. The first kappa shape index (κ1) is 44.2. The van der Waals surface area contributed by atoms with Crippen LogP contribution in [0.3, 0.4) is 0 Å². The van der Waals surface area contributed by atoms with Crippen LogP contribution in [0.1, 0.15) is 63.5 Å². The Hall–Kier alpha value is -4.21. The second-order valence-corrected chi connectivity index (χ2v) is 15.2. The fraction of sp³-hybridized carbons (Fsp3) is 0.590. The lowest BCUT2D eigenvalue weighted by Crippen LogP contribution is -2.40. The standard InChI is InChI=1S/C20H30N2O6S.C19H28N2O4/c1-13(2)17-19(26-4)22-18(20(21-17)27-5)16(11-12-28-29(6,23)24)14-7-9-15(25-3)10-8-14;1-12(2)16-18(24-4)21-17(19(20-16)25-5)15(10-11-22)13-6-8-14(23-3)9-7-13/h7-10,13,16-18H,11-12H2,1-6H3;6-9,12,15-17,22H,10-11H2,1-5H3.